The van der Waals surface area contributed by atoms with Gasteiger partial charge in [-0.2, -0.15) is 0 Å². The Bertz CT molecular complexity index is 517. The number of hydrogen-bond donors (Lipinski definition) is 3. The minimum atomic E-state index is -0.838. The predicted molar refractivity (Wildman–Crippen MR) is 82.8 cm³/mol. The van der Waals surface area contributed by atoms with Crippen molar-refractivity contribution < 1.29 is 19.5 Å². The zero-order chi connectivity index (χ0) is 16.6. The third kappa shape index (κ3) is 3.14. The summed E-state index contributed by atoms with van der Waals surface area (Å²) >= 11 is 0. The molecule has 2 aliphatic heterocycles. The number of rotatable bonds is 2. The van der Waals surface area contributed by atoms with Gasteiger partial charge in [-0.25, -0.2) is 4.79 Å². The van der Waals surface area contributed by atoms with Crippen LogP contribution in [0.5, 0.6) is 0 Å². The molecular weight excluding hydrogens is 298 g/mol. The van der Waals surface area contributed by atoms with Crippen molar-refractivity contribution in [3.8, 4) is 0 Å². The van der Waals surface area contributed by atoms with Crippen LogP contribution in [0.3, 0.4) is 0 Å². The van der Waals surface area contributed by atoms with Crippen LogP contribution in [-0.2, 0) is 9.59 Å². The van der Waals surface area contributed by atoms with Gasteiger partial charge in [0.1, 0.15) is 0 Å². The maximum absolute atomic E-state index is 12.6. The van der Waals surface area contributed by atoms with E-state index in [0.29, 0.717) is 25.8 Å². The number of amides is 3. The summed E-state index contributed by atoms with van der Waals surface area (Å²) in [5.74, 6) is -1.09. The maximum Gasteiger partial charge on any atom is 0.317 e. The van der Waals surface area contributed by atoms with E-state index >= 15 is 0 Å². The van der Waals surface area contributed by atoms with E-state index in [0.717, 1.165) is 19.3 Å². The molecule has 3 N–H and O–H groups in total. The number of carboxylic acid groups (broad SMARTS) is 1. The highest BCUT2D eigenvalue weighted by Crippen LogP contribution is 2.39. The molecule has 0 aromatic carbocycles. The Morgan fingerprint density at radius 2 is 2.09 bits per heavy atom. The molecule has 1 aliphatic carbocycles. The second kappa shape index (κ2) is 6.02. The summed E-state index contributed by atoms with van der Waals surface area (Å²) < 4.78 is 0. The summed E-state index contributed by atoms with van der Waals surface area (Å²) in [5.41, 5.74) is -0.279. The van der Waals surface area contributed by atoms with Gasteiger partial charge in [-0.15, -0.1) is 0 Å². The molecule has 1 spiro atoms. The van der Waals surface area contributed by atoms with E-state index in [-0.39, 0.29) is 36.0 Å². The van der Waals surface area contributed by atoms with Gasteiger partial charge in [0.25, 0.3) is 0 Å². The summed E-state index contributed by atoms with van der Waals surface area (Å²) in [4.78, 5) is 37.1. The van der Waals surface area contributed by atoms with E-state index in [1.807, 2.05) is 6.92 Å². The van der Waals surface area contributed by atoms with Crippen LogP contribution in [0, 0.1) is 11.8 Å². The fourth-order valence-electron chi connectivity index (χ4n) is 4.16. The first-order valence-electron chi connectivity index (χ1n) is 8.49. The zero-order valence-corrected chi connectivity index (χ0v) is 13.5. The minimum Gasteiger partial charge on any atom is -0.481 e. The smallest absolute Gasteiger partial charge is 0.317 e. The van der Waals surface area contributed by atoms with Gasteiger partial charge < -0.3 is 20.6 Å². The van der Waals surface area contributed by atoms with Crippen LogP contribution in [0.2, 0.25) is 0 Å². The number of carbonyl (C=O) groups excluding carboxylic acids is 2. The summed E-state index contributed by atoms with van der Waals surface area (Å²) in [6, 6.07) is -0.253. The zero-order valence-electron chi connectivity index (χ0n) is 13.5. The third-order valence-corrected chi connectivity index (χ3v) is 5.56. The molecule has 128 valence electrons. The van der Waals surface area contributed by atoms with Gasteiger partial charge in [0.05, 0.1) is 17.5 Å². The molecule has 3 rings (SSSR count). The molecule has 2 saturated heterocycles. The van der Waals surface area contributed by atoms with Crippen LogP contribution < -0.4 is 10.6 Å². The van der Waals surface area contributed by atoms with Crippen LogP contribution in [-0.4, -0.2) is 52.6 Å². The largest absolute Gasteiger partial charge is 0.481 e. The first-order chi connectivity index (χ1) is 10.9. The number of carboxylic acids is 1. The SMILES string of the molecule is CC1CC(C(=O)O)CN(C(=O)NC2CCC(=O)NC23CCC3)C1. The highest BCUT2D eigenvalue weighted by molar-refractivity contribution is 5.80. The van der Waals surface area contributed by atoms with Crippen LogP contribution in [0.1, 0.15) is 45.4 Å². The average Bonchev–Trinajstić information content (AvgIpc) is 2.46. The summed E-state index contributed by atoms with van der Waals surface area (Å²) in [7, 11) is 0. The predicted octanol–water partition coefficient (Wildman–Crippen LogP) is 0.940. The monoisotopic (exact) mass is 323 g/mol. The topological polar surface area (TPSA) is 98.7 Å². The first-order valence-corrected chi connectivity index (χ1v) is 8.49. The Kier molecular flexibility index (Phi) is 4.21. The van der Waals surface area contributed by atoms with Crippen molar-refractivity contribution >= 4 is 17.9 Å². The number of carbonyl (C=O) groups is 3. The van der Waals surface area contributed by atoms with Crippen molar-refractivity contribution in [2.45, 2.75) is 57.0 Å². The lowest BCUT2D eigenvalue weighted by Gasteiger charge is -2.51. The molecule has 7 nitrogen and oxygen atoms in total. The molecule has 1 saturated carbocycles. The standard InChI is InChI=1S/C16H25N3O4/c1-10-7-11(14(21)22)9-19(8-10)15(23)17-12-3-4-13(20)18-16(12)5-2-6-16/h10-12H,2-9H2,1H3,(H,17,23)(H,18,20)(H,21,22). The van der Waals surface area contributed by atoms with E-state index in [1.54, 1.807) is 4.90 Å². The Balaban J connectivity index is 1.64. The van der Waals surface area contributed by atoms with Gasteiger partial charge in [0, 0.05) is 19.5 Å². The molecule has 3 fully saturated rings. The van der Waals surface area contributed by atoms with Crippen molar-refractivity contribution in [3.05, 3.63) is 0 Å². The third-order valence-electron chi connectivity index (χ3n) is 5.56. The van der Waals surface area contributed by atoms with Gasteiger partial charge >= 0.3 is 12.0 Å². The summed E-state index contributed by atoms with van der Waals surface area (Å²) in [6.45, 7) is 2.82. The Hall–Kier alpha value is -1.79. The van der Waals surface area contributed by atoms with E-state index < -0.39 is 11.9 Å². The van der Waals surface area contributed by atoms with Gasteiger partial charge in [-0.05, 0) is 38.0 Å². The van der Waals surface area contributed by atoms with E-state index in [1.165, 1.54) is 0 Å². The summed E-state index contributed by atoms with van der Waals surface area (Å²) in [6.07, 6.45) is 4.57. The normalized spacial score (nSPS) is 32.8. The molecular formula is C16H25N3O4. The Labute approximate surface area is 135 Å². The molecule has 3 atom stereocenters. The lowest BCUT2D eigenvalue weighted by atomic mass is 9.68. The Morgan fingerprint density at radius 3 is 2.70 bits per heavy atom. The van der Waals surface area contributed by atoms with Crippen LogP contribution in [0.4, 0.5) is 4.79 Å². The quantitative estimate of drug-likeness (QED) is 0.704. The highest BCUT2D eigenvalue weighted by Gasteiger charge is 2.48. The second-order valence-corrected chi connectivity index (χ2v) is 7.38. The lowest BCUT2D eigenvalue weighted by molar-refractivity contribution is -0.143. The number of aliphatic carboxylic acids is 1. The van der Waals surface area contributed by atoms with Crippen molar-refractivity contribution in [1.82, 2.24) is 15.5 Å². The molecule has 23 heavy (non-hydrogen) atoms. The number of urea groups is 1. The second-order valence-electron chi connectivity index (χ2n) is 7.38. The van der Waals surface area contributed by atoms with Crippen LogP contribution >= 0.6 is 0 Å². The van der Waals surface area contributed by atoms with Gasteiger partial charge in [-0.3, -0.25) is 9.59 Å². The first kappa shape index (κ1) is 16.1. The maximum atomic E-state index is 12.6. The van der Waals surface area contributed by atoms with Gasteiger partial charge in [0.15, 0.2) is 0 Å². The van der Waals surface area contributed by atoms with Crippen LogP contribution in [0.15, 0.2) is 0 Å². The molecule has 0 aromatic rings. The van der Waals surface area contributed by atoms with E-state index in [4.69, 9.17) is 0 Å². The lowest BCUT2D eigenvalue weighted by Crippen LogP contribution is -2.69. The number of hydrogen-bond acceptors (Lipinski definition) is 3. The minimum absolute atomic E-state index is 0.0537. The molecule has 2 heterocycles. The fraction of sp³-hybridized carbons (Fsp3) is 0.812. The van der Waals surface area contributed by atoms with E-state index in [9.17, 15) is 19.5 Å². The average molecular weight is 323 g/mol. The molecule has 7 heteroatoms. The molecule has 3 unspecified atom stereocenters. The van der Waals surface area contributed by atoms with Crippen LogP contribution in [0.25, 0.3) is 0 Å². The molecule has 3 amide bonds. The van der Waals surface area contributed by atoms with Crippen molar-refractivity contribution in [1.29, 1.82) is 0 Å². The molecule has 3 aliphatic rings. The molecule has 0 aromatic heterocycles. The van der Waals surface area contributed by atoms with Crippen molar-refractivity contribution in [2.24, 2.45) is 11.8 Å². The number of nitrogens with zero attached hydrogens (tertiary/aromatic N) is 1. The Morgan fingerprint density at radius 1 is 1.35 bits per heavy atom. The summed E-state index contributed by atoms with van der Waals surface area (Å²) in [5, 5.41) is 15.3. The molecule has 0 radical (unpaired) electrons. The fourth-order valence-corrected chi connectivity index (χ4v) is 4.16. The number of likely N-dealkylation sites (tertiary alicyclic amines) is 1. The highest BCUT2D eigenvalue weighted by atomic mass is 16.4. The number of nitrogens with one attached hydrogen (secondary N) is 2. The van der Waals surface area contributed by atoms with Gasteiger partial charge in [-0.1, -0.05) is 6.92 Å². The van der Waals surface area contributed by atoms with Gasteiger partial charge in [0.2, 0.25) is 5.91 Å². The van der Waals surface area contributed by atoms with E-state index in [2.05, 4.69) is 10.6 Å². The van der Waals surface area contributed by atoms with Crippen molar-refractivity contribution in [2.75, 3.05) is 13.1 Å². The van der Waals surface area contributed by atoms with Crippen molar-refractivity contribution in [3.63, 3.8) is 0 Å². The number of piperidine rings is 2. The molecule has 0 bridgehead atoms.